The zero-order valence-electron chi connectivity index (χ0n) is 12.1. The number of aliphatic imine (C=N–C) groups is 1. The van der Waals surface area contributed by atoms with Crippen molar-refractivity contribution in [1.29, 1.82) is 0 Å². The lowest BCUT2D eigenvalue weighted by molar-refractivity contribution is -0.149. The predicted molar refractivity (Wildman–Crippen MR) is 80.7 cm³/mol. The van der Waals surface area contributed by atoms with E-state index in [2.05, 4.69) is 21.5 Å². The molecule has 1 fully saturated rings. The van der Waals surface area contributed by atoms with Gasteiger partial charge in [0.2, 0.25) is 0 Å². The van der Waals surface area contributed by atoms with Crippen LogP contribution >= 0.6 is 11.8 Å². The van der Waals surface area contributed by atoms with Crippen molar-refractivity contribution in [3.05, 3.63) is 0 Å². The molecule has 0 bridgehead atoms. The minimum Gasteiger partial charge on any atom is -0.466 e. The molecular weight excluding hydrogens is 262 g/mol. The van der Waals surface area contributed by atoms with E-state index >= 15 is 0 Å². The summed E-state index contributed by atoms with van der Waals surface area (Å²) in [6, 6.07) is 0. The highest BCUT2D eigenvalue weighted by Gasteiger charge is 2.28. The molecule has 0 aromatic rings. The number of hydrogen-bond acceptors (Lipinski definition) is 4. The molecule has 6 heteroatoms. The van der Waals surface area contributed by atoms with Crippen LogP contribution in [0.1, 0.15) is 19.8 Å². The number of piperidine rings is 1. The maximum atomic E-state index is 11.8. The van der Waals surface area contributed by atoms with Gasteiger partial charge in [0.15, 0.2) is 5.96 Å². The van der Waals surface area contributed by atoms with Gasteiger partial charge in [-0.2, -0.15) is 11.8 Å². The Kier molecular flexibility index (Phi) is 7.70. The molecule has 1 aliphatic rings. The Bertz CT molecular complexity index is 310. The van der Waals surface area contributed by atoms with E-state index in [9.17, 15) is 4.79 Å². The standard InChI is InChI=1S/C13H25N3O2S/c1-4-18-12(17)11-6-5-8-16(10-11)13(14-2)15-7-9-19-3/h11H,4-10H2,1-3H3,(H,14,15). The van der Waals surface area contributed by atoms with Crippen LogP contribution in [0.15, 0.2) is 4.99 Å². The van der Waals surface area contributed by atoms with E-state index in [-0.39, 0.29) is 11.9 Å². The first-order valence-electron chi connectivity index (χ1n) is 6.84. The summed E-state index contributed by atoms with van der Waals surface area (Å²) in [6.07, 6.45) is 4.01. The monoisotopic (exact) mass is 287 g/mol. The third-order valence-corrected chi connectivity index (χ3v) is 3.75. The normalized spacial score (nSPS) is 20.3. The molecule has 1 heterocycles. The Morgan fingerprint density at radius 3 is 3.00 bits per heavy atom. The van der Waals surface area contributed by atoms with Crippen LogP contribution < -0.4 is 5.32 Å². The highest BCUT2D eigenvalue weighted by molar-refractivity contribution is 7.98. The minimum atomic E-state index is -0.0771. The molecule has 0 aromatic carbocycles. The summed E-state index contributed by atoms with van der Waals surface area (Å²) in [5.74, 6) is 1.84. The second kappa shape index (κ2) is 9.07. The molecule has 1 aliphatic heterocycles. The van der Waals surface area contributed by atoms with Crippen molar-refractivity contribution in [2.24, 2.45) is 10.9 Å². The SMILES string of the molecule is CCOC(=O)C1CCCN(C(=NC)NCCSC)C1. The number of thioether (sulfide) groups is 1. The summed E-state index contributed by atoms with van der Waals surface area (Å²) in [5.41, 5.74) is 0. The average Bonchev–Trinajstić information content (AvgIpc) is 2.44. The number of carbonyl (C=O) groups excluding carboxylic acids is 1. The Hall–Kier alpha value is -0.910. The molecule has 19 heavy (non-hydrogen) atoms. The topological polar surface area (TPSA) is 53.9 Å². The second-order valence-electron chi connectivity index (χ2n) is 4.50. The van der Waals surface area contributed by atoms with Crippen molar-refractivity contribution in [2.45, 2.75) is 19.8 Å². The quantitative estimate of drug-likeness (QED) is 0.356. The van der Waals surface area contributed by atoms with Crippen LogP contribution in [0.3, 0.4) is 0 Å². The third-order valence-electron chi connectivity index (χ3n) is 3.14. The molecule has 110 valence electrons. The van der Waals surface area contributed by atoms with E-state index in [1.807, 2.05) is 6.92 Å². The number of esters is 1. The predicted octanol–water partition coefficient (Wildman–Crippen LogP) is 1.20. The first kappa shape index (κ1) is 16.1. The smallest absolute Gasteiger partial charge is 0.310 e. The molecule has 1 N–H and O–H groups in total. The lowest BCUT2D eigenvalue weighted by atomic mass is 9.98. The maximum absolute atomic E-state index is 11.8. The van der Waals surface area contributed by atoms with Crippen LogP contribution in [-0.4, -0.2) is 62.1 Å². The molecule has 5 nitrogen and oxygen atoms in total. The van der Waals surface area contributed by atoms with E-state index in [1.165, 1.54) is 0 Å². The van der Waals surface area contributed by atoms with Gasteiger partial charge < -0.3 is 15.0 Å². The van der Waals surface area contributed by atoms with Crippen LogP contribution in [0.25, 0.3) is 0 Å². The molecule has 0 aliphatic carbocycles. The summed E-state index contributed by atoms with van der Waals surface area (Å²) in [7, 11) is 1.79. The van der Waals surface area contributed by atoms with Gasteiger partial charge >= 0.3 is 5.97 Å². The van der Waals surface area contributed by atoms with Crippen LogP contribution in [0, 0.1) is 5.92 Å². The zero-order valence-corrected chi connectivity index (χ0v) is 13.0. The van der Waals surface area contributed by atoms with Gasteiger partial charge in [0, 0.05) is 32.4 Å². The lowest BCUT2D eigenvalue weighted by Gasteiger charge is -2.33. The summed E-state index contributed by atoms with van der Waals surface area (Å²) in [6.45, 7) is 4.86. The van der Waals surface area contributed by atoms with Gasteiger partial charge in [0.25, 0.3) is 0 Å². The fraction of sp³-hybridized carbons (Fsp3) is 0.846. The maximum Gasteiger partial charge on any atom is 0.310 e. The molecule has 1 unspecified atom stereocenters. The van der Waals surface area contributed by atoms with Gasteiger partial charge in [-0.05, 0) is 26.0 Å². The van der Waals surface area contributed by atoms with Crippen LogP contribution in [-0.2, 0) is 9.53 Å². The first-order chi connectivity index (χ1) is 9.22. The highest BCUT2D eigenvalue weighted by Crippen LogP contribution is 2.17. The van der Waals surface area contributed by atoms with Gasteiger partial charge in [-0.15, -0.1) is 0 Å². The van der Waals surface area contributed by atoms with Crippen LogP contribution in [0.4, 0.5) is 0 Å². The number of nitrogens with one attached hydrogen (secondary N) is 1. The highest BCUT2D eigenvalue weighted by atomic mass is 32.2. The van der Waals surface area contributed by atoms with E-state index in [1.54, 1.807) is 18.8 Å². The van der Waals surface area contributed by atoms with Crippen LogP contribution in [0.5, 0.6) is 0 Å². The summed E-state index contributed by atoms with van der Waals surface area (Å²) in [4.78, 5) is 18.3. The van der Waals surface area contributed by atoms with E-state index in [0.29, 0.717) is 13.2 Å². The average molecular weight is 287 g/mol. The second-order valence-corrected chi connectivity index (χ2v) is 5.49. The molecule has 0 radical (unpaired) electrons. The molecule has 1 rings (SSSR count). The first-order valence-corrected chi connectivity index (χ1v) is 8.23. The summed E-state index contributed by atoms with van der Waals surface area (Å²) >= 11 is 1.80. The van der Waals surface area contributed by atoms with E-state index in [4.69, 9.17) is 4.74 Å². The Morgan fingerprint density at radius 2 is 2.37 bits per heavy atom. The van der Waals surface area contributed by atoms with Gasteiger partial charge in [-0.3, -0.25) is 9.79 Å². The van der Waals surface area contributed by atoms with Crippen LogP contribution in [0.2, 0.25) is 0 Å². The van der Waals surface area contributed by atoms with Gasteiger partial charge in [0.05, 0.1) is 12.5 Å². The van der Waals surface area contributed by atoms with Crippen molar-refractivity contribution >= 4 is 23.7 Å². The van der Waals surface area contributed by atoms with E-state index < -0.39 is 0 Å². The van der Waals surface area contributed by atoms with Gasteiger partial charge in [-0.25, -0.2) is 0 Å². The number of carbonyl (C=O) groups is 1. The van der Waals surface area contributed by atoms with E-state index in [0.717, 1.165) is 37.6 Å². The van der Waals surface area contributed by atoms with Gasteiger partial charge in [0.1, 0.15) is 0 Å². The number of nitrogens with zero attached hydrogens (tertiary/aromatic N) is 2. The number of likely N-dealkylation sites (tertiary alicyclic amines) is 1. The number of guanidine groups is 1. The summed E-state index contributed by atoms with van der Waals surface area (Å²) < 4.78 is 5.11. The molecule has 1 saturated heterocycles. The molecule has 0 aromatic heterocycles. The zero-order chi connectivity index (χ0) is 14.1. The number of hydrogen-bond donors (Lipinski definition) is 1. The molecular formula is C13H25N3O2S. The molecule has 0 spiro atoms. The summed E-state index contributed by atoms with van der Waals surface area (Å²) in [5, 5.41) is 3.33. The molecule has 1 atom stereocenters. The fourth-order valence-corrected chi connectivity index (χ4v) is 2.53. The minimum absolute atomic E-state index is 0.0206. The van der Waals surface area contributed by atoms with Crippen molar-refractivity contribution in [2.75, 3.05) is 45.3 Å². The lowest BCUT2D eigenvalue weighted by Crippen LogP contribution is -2.48. The molecule has 0 amide bonds. The van der Waals surface area contributed by atoms with Gasteiger partial charge in [-0.1, -0.05) is 0 Å². The Morgan fingerprint density at radius 1 is 1.58 bits per heavy atom. The number of rotatable bonds is 5. The van der Waals surface area contributed by atoms with Crippen molar-refractivity contribution in [1.82, 2.24) is 10.2 Å². The fourth-order valence-electron chi connectivity index (χ4n) is 2.22. The Balaban J connectivity index is 2.50. The number of ether oxygens (including phenoxy) is 1. The largest absolute Gasteiger partial charge is 0.466 e. The third kappa shape index (κ3) is 5.30. The van der Waals surface area contributed by atoms with Crippen molar-refractivity contribution in [3.63, 3.8) is 0 Å². The Labute approximate surface area is 120 Å². The molecule has 0 saturated carbocycles. The van der Waals surface area contributed by atoms with Crippen molar-refractivity contribution < 1.29 is 9.53 Å². The van der Waals surface area contributed by atoms with Crippen molar-refractivity contribution in [3.8, 4) is 0 Å².